The summed E-state index contributed by atoms with van der Waals surface area (Å²) in [5.41, 5.74) is 0. The largest absolute Gasteiger partial charge is 0.346 e. The van der Waals surface area contributed by atoms with Crippen LogP contribution >= 0.6 is 0 Å². The highest BCUT2D eigenvalue weighted by atomic mass is 16.2. The van der Waals surface area contributed by atoms with Crippen LogP contribution in [0.4, 0.5) is 0 Å². The molecule has 11 heavy (non-hydrogen) atoms. The van der Waals surface area contributed by atoms with E-state index >= 15 is 0 Å². The molecule has 0 atom stereocenters. The molecule has 0 heterocycles. The van der Waals surface area contributed by atoms with Crippen molar-refractivity contribution in [2.75, 3.05) is 13.6 Å². The van der Waals surface area contributed by atoms with Crippen molar-refractivity contribution in [2.45, 2.75) is 32.6 Å². The molecule has 0 aromatic rings. The molecule has 1 radical (unpaired) electrons. The van der Waals surface area contributed by atoms with Crippen molar-refractivity contribution in [3.8, 4) is 0 Å². The molecule has 0 aliphatic carbocycles. The van der Waals surface area contributed by atoms with Crippen LogP contribution in [0.15, 0.2) is 0 Å². The minimum Gasteiger partial charge on any atom is -0.346 e. The normalized spacial score (nSPS) is 9.73. The molecular weight excluding hydrogens is 138 g/mol. The first-order chi connectivity index (χ1) is 5.22. The van der Waals surface area contributed by atoms with E-state index in [1.807, 2.05) is 7.05 Å². The van der Waals surface area contributed by atoms with Gasteiger partial charge >= 0.3 is 0 Å². The minimum absolute atomic E-state index is 0.140. The first kappa shape index (κ1) is 10.5. The van der Waals surface area contributed by atoms with E-state index in [0.29, 0.717) is 6.42 Å². The number of nitrogens with zero attached hydrogens (tertiary/aromatic N) is 1. The van der Waals surface area contributed by atoms with E-state index in [2.05, 4.69) is 13.8 Å². The topological polar surface area (TPSA) is 20.3 Å². The van der Waals surface area contributed by atoms with Crippen LogP contribution < -0.4 is 0 Å². The van der Waals surface area contributed by atoms with E-state index in [1.165, 1.54) is 12.8 Å². The Morgan fingerprint density at radius 3 is 2.55 bits per heavy atom. The highest BCUT2D eigenvalue weighted by Crippen LogP contribution is 1.97. The smallest absolute Gasteiger partial charge is 0.222 e. The van der Waals surface area contributed by atoms with Crippen molar-refractivity contribution in [1.29, 1.82) is 0 Å². The Balaban J connectivity index is 3.36. The van der Waals surface area contributed by atoms with Gasteiger partial charge in [0, 0.05) is 20.0 Å². The van der Waals surface area contributed by atoms with E-state index < -0.39 is 0 Å². The van der Waals surface area contributed by atoms with Gasteiger partial charge in [-0.2, -0.15) is 0 Å². The highest BCUT2D eigenvalue weighted by molar-refractivity contribution is 5.76. The Hall–Kier alpha value is -0.530. The van der Waals surface area contributed by atoms with Gasteiger partial charge in [-0.3, -0.25) is 4.79 Å². The van der Waals surface area contributed by atoms with Gasteiger partial charge in [-0.25, -0.2) is 0 Å². The lowest BCUT2D eigenvalue weighted by Crippen LogP contribution is -2.26. The second-order valence-electron chi connectivity index (χ2n) is 2.77. The van der Waals surface area contributed by atoms with Crippen LogP contribution in [-0.2, 0) is 4.79 Å². The number of hydrogen-bond acceptors (Lipinski definition) is 1. The van der Waals surface area contributed by atoms with E-state index in [9.17, 15) is 4.79 Å². The summed E-state index contributed by atoms with van der Waals surface area (Å²) < 4.78 is 0. The van der Waals surface area contributed by atoms with Crippen molar-refractivity contribution in [1.82, 2.24) is 4.90 Å². The lowest BCUT2D eigenvalue weighted by atomic mass is 10.2. The van der Waals surface area contributed by atoms with Crippen LogP contribution in [0.2, 0.25) is 0 Å². The van der Waals surface area contributed by atoms with E-state index in [-0.39, 0.29) is 5.91 Å². The fourth-order valence-corrected chi connectivity index (χ4v) is 0.915. The number of amides is 1. The maximum atomic E-state index is 11.0. The summed E-state index contributed by atoms with van der Waals surface area (Å²) in [6.45, 7) is 6.58. The summed E-state index contributed by atoms with van der Waals surface area (Å²) in [7, 11) is 1.84. The van der Waals surface area contributed by atoms with Crippen molar-refractivity contribution < 1.29 is 4.79 Å². The monoisotopic (exact) mass is 156 g/mol. The zero-order valence-electron chi connectivity index (χ0n) is 7.60. The second-order valence-corrected chi connectivity index (χ2v) is 2.77. The highest BCUT2D eigenvalue weighted by Gasteiger charge is 2.03. The van der Waals surface area contributed by atoms with Gasteiger partial charge in [0.2, 0.25) is 5.91 Å². The Labute approximate surface area is 69.6 Å². The third-order valence-corrected chi connectivity index (χ3v) is 1.74. The van der Waals surface area contributed by atoms with Crippen LogP contribution in [0.3, 0.4) is 0 Å². The zero-order valence-corrected chi connectivity index (χ0v) is 7.60. The summed E-state index contributed by atoms with van der Waals surface area (Å²) in [4.78, 5) is 12.7. The molecule has 0 aliphatic heterocycles. The zero-order chi connectivity index (χ0) is 8.69. The van der Waals surface area contributed by atoms with Crippen LogP contribution in [-0.4, -0.2) is 24.4 Å². The first-order valence-corrected chi connectivity index (χ1v) is 4.25. The van der Waals surface area contributed by atoms with Crippen LogP contribution in [0.1, 0.15) is 32.6 Å². The predicted molar refractivity (Wildman–Crippen MR) is 47.1 cm³/mol. The Morgan fingerprint density at radius 2 is 2.09 bits per heavy atom. The second kappa shape index (κ2) is 6.20. The van der Waals surface area contributed by atoms with Gasteiger partial charge in [0.1, 0.15) is 0 Å². The maximum absolute atomic E-state index is 11.0. The standard InChI is InChI=1S/C9H18NO/c1-4-6-7-8-10(3)9(11)5-2/h2,4-8H2,1,3H3. The lowest BCUT2D eigenvalue weighted by molar-refractivity contribution is -0.129. The van der Waals surface area contributed by atoms with Gasteiger partial charge in [0.15, 0.2) is 0 Å². The van der Waals surface area contributed by atoms with Crippen LogP contribution in [0.25, 0.3) is 0 Å². The average Bonchev–Trinajstić information content (AvgIpc) is 2.03. The fraction of sp³-hybridized carbons (Fsp3) is 0.778. The summed E-state index contributed by atoms with van der Waals surface area (Å²) >= 11 is 0. The Morgan fingerprint density at radius 1 is 1.45 bits per heavy atom. The molecule has 0 aliphatic rings. The number of unbranched alkanes of at least 4 members (excludes halogenated alkanes) is 2. The molecule has 65 valence electrons. The molecular formula is C9H18NO. The van der Waals surface area contributed by atoms with Crippen molar-refractivity contribution >= 4 is 5.91 Å². The summed E-state index contributed by atoms with van der Waals surface area (Å²) in [5.74, 6) is 0.140. The Kier molecular flexibility index (Phi) is 5.90. The quantitative estimate of drug-likeness (QED) is 0.556. The van der Waals surface area contributed by atoms with Gasteiger partial charge in [0.05, 0.1) is 0 Å². The molecule has 0 unspecified atom stereocenters. The van der Waals surface area contributed by atoms with Gasteiger partial charge in [-0.05, 0) is 13.3 Å². The third kappa shape index (κ3) is 4.82. The summed E-state index contributed by atoms with van der Waals surface area (Å²) in [6.07, 6.45) is 3.89. The van der Waals surface area contributed by atoms with E-state index in [0.717, 1.165) is 13.0 Å². The molecule has 0 N–H and O–H groups in total. The molecule has 2 heteroatoms. The molecule has 0 bridgehead atoms. The predicted octanol–water partition coefficient (Wildman–Crippen LogP) is 1.86. The molecule has 0 rings (SSSR count). The number of hydrogen-bond donors (Lipinski definition) is 0. The first-order valence-electron chi connectivity index (χ1n) is 4.25. The molecule has 0 aromatic carbocycles. The minimum atomic E-state index is 0.140. The number of carbonyl (C=O) groups is 1. The molecule has 0 fully saturated rings. The summed E-state index contributed by atoms with van der Waals surface area (Å²) in [6, 6.07) is 0. The molecule has 0 aromatic heterocycles. The van der Waals surface area contributed by atoms with Gasteiger partial charge < -0.3 is 4.90 Å². The maximum Gasteiger partial charge on any atom is 0.222 e. The Bertz CT molecular complexity index is 112. The number of rotatable bonds is 5. The van der Waals surface area contributed by atoms with Gasteiger partial charge in [0.25, 0.3) is 0 Å². The SMILES string of the molecule is [CH2]CC(=O)N(C)CCCCC. The third-order valence-electron chi connectivity index (χ3n) is 1.74. The average molecular weight is 156 g/mol. The van der Waals surface area contributed by atoms with Gasteiger partial charge in [-0.15, -0.1) is 0 Å². The molecule has 1 amide bonds. The van der Waals surface area contributed by atoms with Crippen LogP contribution in [0, 0.1) is 6.92 Å². The molecule has 0 saturated carbocycles. The fourth-order valence-electron chi connectivity index (χ4n) is 0.915. The van der Waals surface area contributed by atoms with Crippen LogP contribution in [0.5, 0.6) is 0 Å². The lowest BCUT2D eigenvalue weighted by Gasteiger charge is -2.15. The van der Waals surface area contributed by atoms with E-state index in [4.69, 9.17) is 0 Å². The van der Waals surface area contributed by atoms with Crippen molar-refractivity contribution in [3.63, 3.8) is 0 Å². The summed E-state index contributed by atoms with van der Waals surface area (Å²) in [5, 5.41) is 0. The van der Waals surface area contributed by atoms with Crippen molar-refractivity contribution in [3.05, 3.63) is 6.92 Å². The molecule has 0 saturated heterocycles. The molecule has 0 spiro atoms. The van der Waals surface area contributed by atoms with E-state index in [1.54, 1.807) is 4.90 Å². The van der Waals surface area contributed by atoms with Crippen molar-refractivity contribution in [2.24, 2.45) is 0 Å². The van der Waals surface area contributed by atoms with Gasteiger partial charge in [-0.1, -0.05) is 19.8 Å². The molecule has 2 nitrogen and oxygen atoms in total. The number of carbonyl (C=O) groups excluding carboxylic acids is 1.